The number of amides is 1. The summed E-state index contributed by atoms with van der Waals surface area (Å²) in [5, 5.41) is 5.93. The van der Waals surface area contributed by atoms with Gasteiger partial charge in [-0.25, -0.2) is 4.98 Å². The first kappa shape index (κ1) is 18.7. The highest BCUT2D eigenvalue weighted by molar-refractivity contribution is 6.28. The zero-order valence-corrected chi connectivity index (χ0v) is 16.3. The number of hydrogen-bond acceptors (Lipinski definition) is 6. The second kappa shape index (κ2) is 7.76. The van der Waals surface area contributed by atoms with Crippen LogP contribution in [-0.2, 0) is 6.54 Å². The summed E-state index contributed by atoms with van der Waals surface area (Å²) in [6, 6.07) is 14.4. The SMILES string of the molecule is CNc1nc(Cl)nc2c1ncn2Cc1ccc(C(=O)Nc2ccccc2N)cc1. The number of nitrogens with two attached hydrogens (primary N) is 1. The van der Waals surface area contributed by atoms with E-state index in [1.165, 1.54) is 0 Å². The van der Waals surface area contributed by atoms with Crippen LogP contribution in [0.4, 0.5) is 17.2 Å². The van der Waals surface area contributed by atoms with E-state index in [1.54, 1.807) is 37.6 Å². The molecule has 1 amide bonds. The first-order chi connectivity index (χ1) is 14.0. The molecule has 0 aliphatic carbocycles. The van der Waals surface area contributed by atoms with Crippen molar-refractivity contribution in [2.75, 3.05) is 23.4 Å². The second-order valence-corrected chi connectivity index (χ2v) is 6.71. The summed E-state index contributed by atoms with van der Waals surface area (Å²) >= 11 is 6.01. The van der Waals surface area contributed by atoms with E-state index in [0.29, 0.717) is 40.5 Å². The van der Waals surface area contributed by atoms with Gasteiger partial charge in [-0.3, -0.25) is 4.79 Å². The highest BCUT2D eigenvalue weighted by Crippen LogP contribution is 2.22. The average molecular weight is 408 g/mol. The van der Waals surface area contributed by atoms with Gasteiger partial charge in [0.05, 0.1) is 24.2 Å². The zero-order valence-electron chi connectivity index (χ0n) is 15.6. The van der Waals surface area contributed by atoms with Crippen LogP contribution < -0.4 is 16.4 Å². The number of nitrogen functional groups attached to an aromatic ring is 1. The van der Waals surface area contributed by atoms with Crippen molar-refractivity contribution in [3.63, 3.8) is 0 Å². The van der Waals surface area contributed by atoms with E-state index in [1.807, 2.05) is 28.8 Å². The first-order valence-electron chi connectivity index (χ1n) is 8.86. The summed E-state index contributed by atoms with van der Waals surface area (Å²) in [5.41, 5.74) is 9.79. The normalized spacial score (nSPS) is 10.8. The molecule has 4 N–H and O–H groups in total. The standard InChI is InChI=1S/C20H18ClN7O/c1-23-17-16-18(27-20(21)26-17)28(11-24-16)10-12-6-8-13(9-7-12)19(29)25-15-5-3-2-4-14(15)22/h2-9,11H,10,22H2,1H3,(H,25,29)(H,23,26,27). The number of rotatable bonds is 5. The van der Waals surface area contributed by atoms with Crippen LogP contribution >= 0.6 is 11.6 Å². The molecule has 0 unspecified atom stereocenters. The van der Waals surface area contributed by atoms with Crippen molar-refractivity contribution in [1.82, 2.24) is 19.5 Å². The highest BCUT2D eigenvalue weighted by Gasteiger charge is 2.12. The Morgan fingerprint density at radius 3 is 2.62 bits per heavy atom. The molecule has 146 valence electrons. The number of halogens is 1. The van der Waals surface area contributed by atoms with Gasteiger partial charge in [-0.05, 0) is 41.4 Å². The summed E-state index contributed by atoms with van der Waals surface area (Å²) in [5.74, 6) is 0.353. The number of carbonyl (C=O) groups excluding carboxylic acids is 1. The Balaban J connectivity index is 1.53. The number of para-hydroxylation sites is 2. The lowest BCUT2D eigenvalue weighted by molar-refractivity contribution is 0.102. The fourth-order valence-corrected chi connectivity index (χ4v) is 3.14. The smallest absolute Gasteiger partial charge is 0.255 e. The maximum atomic E-state index is 12.5. The minimum absolute atomic E-state index is 0.149. The van der Waals surface area contributed by atoms with Gasteiger partial charge < -0.3 is 20.9 Å². The first-order valence-corrected chi connectivity index (χ1v) is 9.24. The Labute approximate surface area is 171 Å². The third-order valence-electron chi connectivity index (χ3n) is 4.45. The molecule has 2 heterocycles. The van der Waals surface area contributed by atoms with Crippen LogP contribution in [0.25, 0.3) is 11.2 Å². The quantitative estimate of drug-likeness (QED) is 0.345. The number of aromatic nitrogens is 4. The van der Waals surface area contributed by atoms with E-state index in [9.17, 15) is 4.79 Å². The molecule has 2 aromatic carbocycles. The van der Waals surface area contributed by atoms with Crippen LogP contribution in [0.3, 0.4) is 0 Å². The molecule has 0 bridgehead atoms. The summed E-state index contributed by atoms with van der Waals surface area (Å²) < 4.78 is 1.88. The Kier molecular flexibility index (Phi) is 5.01. The van der Waals surface area contributed by atoms with E-state index >= 15 is 0 Å². The molecule has 0 fully saturated rings. The van der Waals surface area contributed by atoms with Gasteiger partial charge in [0.15, 0.2) is 17.0 Å². The fourth-order valence-electron chi connectivity index (χ4n) is 2.97. The molecule has 0 aliphatic heterocycles. The van der Waals surface area contributed by atoms with Crippen molar-refractivity contribution in [3.05, 3.63) is 71.3 Å². The molecule has 0 spiro atoms. The number of nitrogens with zero attached hydrogens (tertiary/aromatic N) is 4. The Morgan fingerprint density at radius 2 is 1.90 bits per heavy atom. The van der Waals surface area contributed by atoms with Crippen molar-refractivity contribution in [1.29, 1.82) is 0 Å². The van der Waals surface area contributed by atoms with Crippen LogP contribution in [0.2, 0.25) is 5.28 Å². The molecule has 0 saturated heterocycles. The Bertz CT molecular complexity index is 1190. The van der Waals surface area contributed by atoms with E-state index in [4.69, 9.17) is 17.3 Å². The lowest BCUT2D eigenvalue weighted by Crippen LogP contribution is -2.13. The van der Waals surface area contributed by atoms with Crippen molar-refractivity contribution in [2.45, 2.75) is 6.54 Å². The van der Waals surface area contributed by atoms with E-state index in [-0.39, 0.29) is 11.2 Å². The Morgan fingerprint density at radius 1 is 1.14 bits per heavy atom. The fraction of sp³-hybridized carbons (Fsp3) is 0.100. The topological polar surface area (TPSA) is 111 Å². The minimum Gasteiger partial charge on any atom is -0.397 e. The lowest BCUT2D eigenvalue weighted by Gasteiger charge is -2.09. The van der Waals surface area contributed by atoms with Gasteiger partial charge in [0.2, 0.25) is 5.28 Å². The number of nitrogens with one attached hydrogen (secondary N) is 2. The van der Waals surface area contributed by atoms with Crippen LogP contribution in [0.1, 0.15) is 15.9 Å². The number of fused-ring (bicyclic) bond motifs is 1. The van der Waals surface area contributed by atoms with Gasteiger partial charge in [0, 0.05) is 12.6 Å². The van der Waals surface area contributed by atoms with Crippen molar-refractivity contribution in [3.8, 4) is 0 Å². The van der Waals surface area contributed by atoms with Gasteiger partial charge in [0.1, 0.15) is 0 Å². The highest BCUT2D eigenvalue weighted by atomic mass is 35.5. The maximum absolute atomic E-state index is 12.5. The molecule has 4 aromatic rings. The number of hydrogen-bond donors (Lipinski definition) is 3. The predicted molar refractivity (Wildman–Crippen MR) is 114 cm³/mol. The summed E-state index contributed by atoms with van der Waals surface area (Å²) in [6.45, 7) is 0.528. The number of anilines is 3. The molecule has 8 nitrogen and oxygen atoms in total. The van der Waals surface area contributed by atoms with E-state index < -0.39 is 0 Å². The minimum atomic E-state index is -0.222. The molecule has 2 aromatic heterocycles. The number of carbonyl (C=O) groups is 1. The third kappa shape index (κ3) is 3.83. The van der Waals surface area contributed by atoms with Gasteiger partial charge in [-0.15, -0.1) is 0 Å². The average Bonchev–Trinajstić information content (AvgIpc) is 3.12. The largest absolute Gasteiger partial charge is 0.397 e. The van der Waals surface area contributed by atoms with E-state index in [0.717, 1.165) is 5.56 Å². The zero-order chi connectivity index (χ0) is 20.4. The molecule has 0 radical (unpaired) electrons. The van der Waals surface area contributed by atoms with Crippen LogP contribution in [0.15, 0.2) is 54.9 Å². The van der Waals surface area contributed by atoms with E-state index in [2.05, 4.69) is 25.6 Å². The van der Waals surface area contributed by atoms with Gasteiger partial charge >= 0.3 is 0 Å². The second-order valence-electron chi connectivity index (χ2n) is 6.37. The van der Waals surface area contributed by atoms with Crippen molar-refractivity contribution >= 4 is 45.9 Å². The molecule has 0 aliphatic rings. The molecular formula is C20H18ClN7O. The number of benzene rings is 2. The third-order valence-corrected chi connectivity index (χ3v) is 4.62. The summed E-state index contributed by atoms with van der Waals surface area (Å²) in [6.07, 6.45) is 1.69. The van der Waals surface area contributed by atoms with Crippen molar-refractivity contribution in [2.24, 2.45) is 0 Å². The lowest BCUT2D eigenvalue weighted by atomic mass is 10.1. The molecule has 29 heavy (non-hydrogen) atoms. The van der Waals surface area contributed by atoms with Gasteiger partial charge in [-0.2, -0.15) is 9.97 Å². The predicted octanol–water partition coefficient (Wildman–Crippen LogP) is 3.40. The molecule has 4 rings (SSSR count). The molecular weight excluding hydrogens is 390 g/mol. The van der Waals surface area contributed by atoms with Gasteiger partial charge in [0.25, 0.3) is 5.91 Å². The Hall–Kier alpha value is -3.65. The molecule has 0 atom stereocenters. The monoisotopic (exact) mass is 407 g/mol. The van der Waals surface area contributed by atoms with Crippen LogP contribution in [0.5, 0.6) is 0 Å². The van der Waals surface area contributed by atoms with Crippen LogP contribution in [0, 0.1) is 0 Å². The maximum Gasteiger partial charge on any atom is 0.255 e. The molecule has 0 saturated carbocycles. The van der Waals surface area contributed by atoms with Crippen LogP contribution in [-0.4, -0.2) is 32.5 Å². The van der Waals surface area contributed by atoms with Crippen molar-refractivity contribution < 1.29 is 4.79 Å². The molecule has 9 heteroatoms. The van der Waals surface area contributed by atoms with Gasteiger partial charge in [-0.1, -0.05) is 24.3 Å². The summed E-state index contributed by atoms with van der Waals surface area (Å²) in [7, 11) is 1.75. The summed E-state index contributed by atoms with van der Waals surface area (Å²) in [4.78, 5) is 25.2. The number of imidazole rings is 1.